The molecule has 0 saturated carbocycles. The lowest BCUT2D eigenvalue weighted by Crippen LogP contribution is -2.56. The summed E-state index contributed by atoms with van der Waals surface area (Å²) in [6.45, 7) is -0.356. The monoisotopic (exact) mass is 517 g/mol. The number of aliphatic carboxylic acids is 1. The zero-order chi connectivity index (χ0) is 26.2. The number of nitrogens with one attached hydrogen (secondary N) is 1. The van der Waals surface area contributed by atoms with Crippen LogP contribution in [0.4, 0.5) is 5.88 Å². The number of fused-ring (bicyclic) bond motifs is 1. The minimum absolute atomic E-state index is 0.0281. The molecule has 190 valence electrons. The Morgan fingerprint density at radius 1 is 1.22 bits per heavy atom. The molecule has 3 heterocycles. The summed E-state index contributed by atoms with van der Waals surface area (Å²) in [6, 6.07) is 7.77. The first-order valence-corrected chi connectivity index (χ1v) is 12.3. The molecular formula is C23H23N3O9S. The predicted octanol–water partition coefficient (Wildman–Crippen LogP) is 2.00. The lowest BCUT2D eigenvalue weighted by molar-refractivity contribution is -0.402. The van der Waals surface area contributed by atoms with Crippen molar-refractivity contribution in [1.29, 1.82) is 0 Å². The summed E-state index contributed by atoms with van der Waals surface area (Å²) in [5.41, 5.74) is -0.908. The van der Waals surface area contributed by atoms with Gasteiger partial charge >= 0.3 is 17.8 Å². The summed E-state index contributed by atoms with van der Waals surface area (Å²) in [5, 5.41) is 24.3. The number of amides is 2. The van der Waals surface area contributed by atoms with Crippen molar-refractivity contribution in [3.8, 4) is 0 Å². The standard InChI is InChI=1S/C23H23N3O9S/c1-34-21(29)13-5-3-12(4-6-13)18-16-17(23(24-18,22(30)31)9-10-36-2)20(28)25(19(16)27)11-14-7-8-15(35-14)26(32)33/h3-8,16-18,24H,9-11H2,1-2H3,(H,30,31). The molecule has 2 amide bonds. The Bertz CT molecular complexity index is 1230. The molecule has 2 aliphatic heterocycles. The first kappa shape index (κ1) is 25.4. The van der Waals surface area contributed by atoms with Gasteiger partial charge in [0.15, 0.2) is 0 Å². The first-order valence-electron chi connectivity index (χ1n) is 10.9. The molecule has 0 radical (unpaired) electrons. The zero-order valence-electron chi connectivity index (χ0n) is 19.3. The SMILES string of the molecule is COC(=O)c1ccc(C2NC(CCSC)(C(=O)O)C3C(=O)N(Cc4ccc([N+](=O)[O-])o4)C(=O)C23)cc1. The largest absolute Gasteiger partial charge is 0.480 e. The average Bonchev–Trinajstić information content (AvgIpc) is 3.54. The average molecular weight is 518 g/mol. The van der Waals surface area contributed by atoms with Gasteiger partial charge < -0.3 is 14.3 Å². The number of furan rings is 1. The lowest BCUT2D eigenvalue weighted by atomic mass is 9.78. The normalized spacial score (nSPS) is 25.2. The number of ether oxygens (including phenoxy) is 1. The number of rotatable bonds is 9. The van der Waals surface area contributed by atoms with Crippen LogP contribution in [0.25, 0.3) is 0 Å². The molecule has 13 heteroatoms. The van der Waals surface area contributed by atoms with E-state index < -0.39 is 58.0 Å². The summed E-state index contributed by atoms with van der Waals surface area (Å²) >= 11 is 1.41. The minimum Gasteiger partial charge on any atom is -0.480 e. The third-order valence-corrected chi connectivity index (χ3v) is 7.27. The molecule has 2 saturated heterocycles. The number of thioether (sulfide) groups is 1. The molecule has 2 N–H and O–H groups in total. The molecule has 4 rings (SSSR count). The second-order valence-electron chi connectivity index (χ2n) is 8.52. The summed E-state index contributed by atoms with van der Waals surface area (Å²) in [5.74, 6) is -5.42. The molecule has 2 fully saturated rings. The Labute approximate surface area is 209 Å². The molecule has 2 aromatic rings. The fourth-order valence-corrected chi connectivity index (χ4v) is 5.48. The second kappa shape index (κ2) is 9.74. The van der Waals surface area contributed by atoms with Crippen LogP contribution in [0.5, 0.6) is 0 Å². The van der Waals surface area contributed by atoms with Crippen molar-refractivity contribution >= 4 is 41.4 Å². The number of esters is 1. The molecule has 36 heavy (non-hydrogen) atoms. The summed E-state index contributed by atoms with van der Waals surface area (Å²) < 4.78 is 9.83. The van der Waals surface area contributed by atoms with Crippen LogP contribution < -0.4 is 5.32 Å². The Balaban J connectivity index is 1.73. The summed E-state index contributed by atoms with van der Waals surface area (Å²) in [4.78, 5) is 62.6. The highest BCUT2D eigenvalue weighted by atomic mass is 32.2. The van der Waals surface area contributed by atoms with Crippen LogP contribution in [0, 0.1) is 22.0 Å². The number of methoxy groups -OCH3 is 1. The number of likely N-dealkylation sites (tertiary alicyclic amines) is 1. The molecule has 0 bridgehead atoms. The number of carboxylic acid groups (broad SMARTS) is 1. The number of hydrogen-bond donors (Lipinski definition) is 2. The van der Waals surface area contributed by atoms with Gasteiger partial charge in [0.2, 0.25) is 11.8 Å². The van der Waals surface area contributed by atoms with E-state index in [0.717, 1.165) is 11.0 Å². The molecule has 1 aromatic heterocycles. The topological polar surface area (TPSA) is 169 Å². The molecule has 0 aliphatic carbocycles. The van der Waals surface area contributed by atoms with Gasteiger partial charge in [0.25, 0.3) is 0 Å². The van der Waals surface area contributed by atoms with Gasteiger partial charge in [-0.3, -0.25) is 34.7 Å². The van der Waals surface area contributed by atoms with Crippen molar-refractivity contribution in [3.63, 3.8) is 0 Å². The number of benzene rings is 1. The summed E-state index contributed by atoms with van der Waals surface area (Å²) in [7, 11) is 1.25. The molecule has 4 unspecified atom stereocenters. The molecular weight excluding hydrogens is 494 g/mol. The van der Waals surface area contributed by atoms with E-state index in [0.29, 0.717) is 11.3 Å². The van der Waals surface area contributed by atoms with Crippen LogP contribution in [0.2, 0.25) is 0 Å². The quantitative estimate of drug-likeness (QED) is 0.216. The smallest absolute Gasteiger partial charge is 0.433 e. The van der Waals surface area contributed by atoms with Crippen LogP contribution in [-0.4, -0.2) is 63.3 Å². The van der Waals surface area contributed by atoms with Gasteiger partial charge in [0, 0.05) is 6.04 Å². The molecule has 0 spiro atoms. The maximum absolute atomic E-state index is 13.5. The van der Waals surface area contributed by atoms with Gasteiger partial charge in [-0.25, -0.2) is 4.79 Å². The second-order valence-corrected chi connectivity index (χ2v) is 9.50. The Kier molecular flexibility index (Phi) is 6.87. The number of carbonyl (C=O) groups is 4. The number of nitrogens with zero attached hydrogens (tertiary/aromatic N) is 2. The Morgan fingerprint density at radius 2 is 1.92 bits per heavy atom. The van der Waals surface area contributed by atoms with Crippen LogP contribution in [0.3, 0.4) is 0 Å². The number of carbonyl (C=O) groups excluding carboxylic acids is 3. The van der Waals surface area contributed by atoms with Crippen molar-refractivity contribution in [1.82, 2.24) is 10.2 Å². The van der Waals surface area contributed by atoms with Gasteiger partial charge in [0.1, 0.15) is 16.2 Å². The highest BCUT2D eigenvalue weighted by Gasteiger charge is 2.68. The van der Waals surface area contributed by atoms with E-state index in [1.165, 1.54) is 37.1 Å². The van der Waals surface area contributed by atoms with E-state index >= 15 is 0 Å². The van der Waals surface area contributed by atoms with Crippen molar-refractivity contribution in [2.24, 2.45) is 11.8 Å². The number of nitro groups is 1. The van der Waals surface area contributed by atoms with E-state index in [1.807, 2.05) is 6.26 Å². The maximum atomic E-state index is 13.5. The van der Waals surface area contributed by atoms with Gasteiger partial charge in [0.05, 0.1) is 37.1 Å². The van der Waals surface area contributed by atoms with E-state index in [4.69, 9.17) is 9.15 Å². The number of hydrogen-bond acceptors (Lipinski definition) is 10. The van der Waals surface area contributed by atoms with E-state index in [2.05, 4.69) is 5.32 Å². The van der Waals surface area contributed by atoms with Crippen LogP contribution in [-0.2, 0) is 25.7 Å². The number of imide groups is 1. The fourth-order valence-electron chi connectivity index (χ4n) is 4.95. The lowest BCUT2D eigenvalue weighted by Gasteiger charge is -2.31. The van der Waals surface area contributed by atoms with Crippen molar-refractivity contribution in [3.05, 3.63) is 63.4 Å². The van der Waals surface area contributed by atoms with Crippen molar-refractivity contribution in [2.75, 3.05) is 19.1 Å². The molecule has 12 nitrogen and oxygen atoms in total. The van der Waals surface area contributed by atoms with Crippen molar-refractivity contribution < 1.29 is 38.4 Å². The maximum Gasteiger partial charge on any atom is 0.433 e. The van der Waals surface area contributed by atoms with Gasteiger partial charge in [-0.1, -0.05) is 12.1 Å². The first-order chi connectivity index (χ1) is 17.1. The van der Waals surface area contributed by atoms with E-state index in [-0.39, 0.29) is 24.3 Å². The number of carboxylic acids is 1. The van der Waals surface area contributed by atoms with Gasteiger partial charge in [-0.05, 0) is 42.2 Å². The van der Waals surface area contributed by atoms with E-state index in [9.17, 15) is 34.4 Å². The van der Waals surface area contributed by atoms with E-state index in [1.54, 1.807) is 12.1 Å². The summed E-state index contributed by atoms with van der Waals surface area (Å²) in [6.07, 6.45) is 1.89. The highest BCUT2D eigenvalue weighted by Crippen LogP contribution is 2.50. The van der Waals surface area contributed by atoms with Crippen molar-refractivity contribution in [2.45, 2.75) is 24.5 Å². The predicted molar refractivity (Wildman–Crippen MR) is 125 cm³/mol. The van der Waals surface area contributed by atoms with Gasteiger partial charge in [-0.2, -0.15) is 11.8 Å². The van der Waals surface area contributed by atoms with Crippen LogP contribution in [0.15, 0.2) is 40.8 Å². The minimum atomic E-state index is -1.71. The molecule has 2 aliphatic rings. The third-order valence-electron chi connectivity index (χ3n) is 6.66. The van der Waals surface area contributed by atoms with Gasteiger partial charge in [-0.15, -0.1) is 0 Å². The van der Waals surface area contributed by atoms with Crippen LogP contribution >= 0.6 is 11.8 Å². The zero-order valence-corrected chi connectivity index (χ0v) is 20.1. The third kappa shape index (κ3) is 4.13. The Hall–Kier alpha value is -3.71. The molecule has 1 aromatic carbocycles. The fraction of sp³-hybridized carbons (Fsp3) is 0.391. The molecule has 4 atom stereocenters. The highest BCUT2D eigenvalue weighted by molar-refractivity contribution is 7.98. The Morgan fingerprint density at radius 3 is 2.47 bits per heavy atom. The van der Waals surface area contributed by atoms with Crippen LogP contribution in [0.1, 0.15) is 34.1 Å².